The van der Waals surface area contributed by atoms with Crippen molar-refractivity contribution < 1.29 is 40.9 Å². The average Bonchev–Trinajstić information content (AvgIpc) is 3.11. The molecule has 1 atom stereocenters. The predicted octanol–water partition coefficient (Wildman–Crippen LogP) is 8.31. The van der Waals surface area contributed by atoms with Crippen LogP contribution in [0.3, 0.4) is 0 Å². The van der Waals surface area contributed by atoms with Crippen LogP contribution in [-0.4, -0.2) is 54.2 Å². The van der Waals surface area contributed by atoms with Crippen molar-refractivity contribution in [2.75, 3.05) is 17.6 Å². The summed E-state index contributed by atoms with van der Waals surface area (Å²) < 4.78 is 70.4. The fraction of sp³-hybridized carbons (Fsp3) is 0.154. The van der Waals surface area contributed by atoms with Gasteiger partial charge in [-0.15, -0.1) is 0 Å². The van der Waals surface area contributed by atoms with E-state index >= 15 is 0 Å². The Kier molecular flexibility index (Phi) is 12.0. The minimum absolute atomic E-state index is 0.229. The number of amides is 2. The number of anilines is 1. The van der Waals surface area contributed by atoms with Crippen LogP contribution in [0.25, 0.3) is 22.3 Å². The maximum atomic E-state index is 13.9. The van der Waals surface area contributed by atoms with E-state index in [9.17, 15) is 31.2 Å². The number of carbonyl (C=O) groups is 2. The Morgan fingerprint density at radius 1 is 0.811 bits per heavy atom. The first kappa shape index (κ1) is 38.7. The van der Waals surface area contributed by atoms with Crippen molar-refractivity contribution in [2.45, 2.75) is 25.4 Å². The summed E-state index contributed by atoms with van der Waals surface area (Å²) in [5.41, 5.74) is 4.69. The van der Waals surface area contributed by atoms with E-state index in [1.54, 1.807) is 60.7 Å². The fourth-order valence-electron chi connectivity index (χ4n) is 5.71. The van der Waals surface area contributed by atoms with Crippen molar-refractivity contribution in [1.82, 2.24) is 5.32 Å². The summed E-state index contributed by atoms with van der Waals surface area (Å²) in [6, 6.07) is 31.8. The van der Waals surface area contributed by atoms with E-state index < -0.39 is 39.6 Å². The molecule has 0 aliphatic rings. The Hall–Kier alpha value is -5.50. The third-order valence-corrected chi connectivity index (χ3v) is 9.40. The number of halogens is 4. The quantitative estimate of drug-likeness (QED) is 0.0436. The van der Waals surface area contributed by atoms with E-state index in [0.717, 1.165) is 22.3 Å². The number of benzene rings is 5. The number of nitrogens with one attached hydrogen (secondary N) is 2. The summed E-state index contributed by atoms with van der Waals surface area (Å²) in [7, 11) is -4.23. The van der Waals surface area contributed by atoms with E-state index in [1.165, 1.54) is 24.3 Å². The Bertz CT molecular complexity index is 2230. The lowest BCUT2D eigenvalue weighted by molar-refractivity contribution is -0.117. The average molecular weight is 764 g/mol. The Morgan fingerprint density at radius 2 is 1.38 bits per heavy atom. The van der Waals surface area contributed by atoms with Crippen molar-refractivity contribution in [3.05, 3.63) is 148 Å². The molecule has 0 aliphatic carbocycles. The molecule has 0 bridgehead atoms. The lowest BCUT2D eigenvalue weighted by atomic mass is 9.89. The third kappa shape index (κ3) is 10.3. The number of oxime groups is 1. The van der Waals surface area contributed by atoms with E-state index in [2.05, 4.69) is 15.8 Å². The molecular weight excluding hydrogens is 731 g/mol. The predicted molar refractivity (Wildman–Crippen MR) is 198 cm³/mol. The van der Waals surface area contributed by atoms with Gasteiger partial charge in [-0.1, -0.05) is 95.6 Å². The van der Waals surface area contributed by atoms with Gasteiger partial charge < -0.3 is 15.8 Å². The lowest BCUT2D eigenvalue weighted by Crippen LogP contribution is -2.28. The molecule has 4 N–H and O–H groups in total. The van der Waals surface area contributed by atoms with Crippen molar-refractivity contribution in [3.63, 3.8) is 0 Å². The summed E-state index contributed by atoms with van der Waals surface area (Å²) in [5.74, 6) is -2.19. The van der Waals surface area contributed by atoms with Crippen LogP contribution in [0.15, 0.2) is 120 Å². The van der Waals surface area contributed by atoms with Gasteiger partial charge in [0.05, 0.1) is 11.7 Å². The van der Waals surface area contributed by atoms with Gasteiger partial charge in [0.1, 0.15) is 0 Å². The molecule has 5 aromatic carbocycles. The molecule has 53 heavy (non-hydrogen) atoms. The molecule has 0 aliphatic heterocycles. The van der Waals surface area contributed by atoms with Crippen molar-refractivity contribution >= 4 is 44.9 Å². The zero-order valence-corrected chi connectivity index (χ0v) is 29.6. The van der Waals surface area contributed by atoms with Crippen LogP contribution in [-0.2, 0) is 21.3 Å². The number of carbonyl (C=O) groups excluding carboxylic acids is 2. The molecule has 0 radical (unpaired) electrons. The summed E-state index contributed by atoms with van der Waals surface area (Å²) in [5, 5.41) is 17.3. The number of hydrogen-bond donors (Lipinski definition) is 4. The van der Waals surface area contributed by atoms with Gasteiger partial charge in [-0.25, -0.2) is 0 Å². The van der Waals surface area contributed by atoms with Gasteiger partial charge in [0.2, 0.25) is 5.91 Å². The Labute approximate surface area is 308 Å². The first-order valence-corrected chi connectivity index (χ1v) is 18.1. The van der Waals surface area contributed by atoms with Crippen LogP contribution in [0.2, 0.25) is 5.02 Å². The second kappa shape index (κ2) is 16.4. The molecule has 0 heterocycles. The highest BCUT2D eigenvalue weighted by Gasteiger charge is 2.37. The SMILES string of the molecule is Cc1cc(Cl)ccc1-c1ccc(NC(=O)C(Cc2ccc(C(=O)NCCS(=O)(=O)O)cc2)c2ccc(-c3ccc(/C(=N/O)C(F)(F)F)cc3)cc2)cc1. The van der Waals surface area contributed by atoms with Crippen molar-refractivity contribution in [2.24, 2.45) is 5.16 Å². The lowest BCUT2D eigenvalue weighted by Gasteiger charge is -2.19. The van der Waals surface area contributed by atoms with Gasteiger partial charge in [-0.2, -0.15) is 21.6 Å². The minimum atomic E-state index is -4.83. The first-order valence-electron chi connectivity index (χ1n) is 16.1. The maximum absolute atomic E-state index is 13.9. The fourth-order valence-corrected chi connectivity index (χ4v) is 6.29. The molecule has 0 spiro atoms. The van der Waals surface area contributed by atoms with Crippen LogP contribution < -0.4 is 10.6 Å². The topological polar surface area (TPSA) is 145 Å². The second-order valence-corrected chi connectivity index (χ2v) is 14.2. The zero-order valence-electron chi connectivity index (χ0n) is 28.1. The number of hydrogen-bond acceptors (Lipinski definition) is 6. The normalized spacial score (nSPS) is 12.6. The van der Waals surface area contributed by atoms with E-state index in [0.29, 0.717) is 27.4 Å². The maximum Gasteiger partial charge on any atom is 0.437 e. The monoisotopic (exact) mass is 763 g/mol. The van der Waals surface area contributed by atoms with E-state index in [1.807, 2.05) is 37.3 Å². The smallest absolute Gasteiger partial charge is 0.410 e. The molecule has 5 rings (SSSR count). The highest BCUT2D eigenvalue weighted by atomic mass is 35.5. The number of rotatable bonds is 12. The summed E-state index contributed by atoms with van der Waals surface area (Å²) in [6.45, 7) is 1.69. The second-order valence-electron chi connectivity index (χ2n) is 12.2. The van der Waals surface area contributed by atoms with Crippen LogP contribution in [0.1, 0.15) is 38.5 Å². The number of nitrogens with zero attached hydrogens (tertiary/aromatic N) is 1. The van der Waals surface area contributed by atoms with Crippen LogP contribution in [0, 0.1) is 6.92 Å². The van der Waals surface area contributed by atoms with Gasteiger partial charge in [-0.3, -0.25) is 14.1 Å². The number of alkyl halides is 3. The highest BCUT2D eigenvalue weighted by Crippen LogP contribution is 2.30. The summed E-state index contributed by atoms with van der Waals surface area (Å²) in [4.78, 5) is 26.4. The molecule has 9 nitrogen and oxygen atoms in total. The van der Waals surface area contributed by atoms with Gasteiger partial charge in [-0.05, 0) is 88.7 Å². The molecule has 2 amide bonds. The van der Waals surface area contributed by atoms with E-state index in [-0.39, 0.29) is 30.0 Å². The summed E-state index contributed by atoms with van der Waals surface area (Å²) in [6.07, 6.45) is -4.60. The first-order chi connectivity index (χ1) is 25.1. The van der Waals surface area contributed by atoms with Crippen LogP contribution >= 0.6 is 11.6 Å². The number of aryl methyl sites for hydroxylation is 1. The van der Waals surface area contributed by atoms with Crippen molar-refractivity contribution in [1.29, 1.82) is 0 Å². The highest BCUT2D eigenvalue weighted by molar-refractivity contribution is 7.85. The molecule has 1 unspecified atom stereocenters. The van der Waals surface area contributed by atoms with Gasteiger partial charge >= 0.3 is 6.18 Å². The van der Waals surface area contributed by atoms with E-state index in [4.69, 9.17) is 21.4 Å². The third-order valence-electron chi connectivity index (χ3n) is 8.44. The van der Waals surface area contributed by atoms with Gasteiger partial charge in [0.25, 0.3) is 16.0 Å². The van der Waals surface area contributed by atoms with Crippen molar-refractivity contribution in [3.8, 4) is 22.3 Å². The standard InChI is InChI=1S/C39H33ClF3N3O6S/c1-24-22-32(40)16-19-34(24)28-14-17-33(18-15-28)45-38(48)35(23-25-2-4-31(5-3-25)37(47)44-20-21-53(50,51)52)29-10-6-26(7-11-29)27-8-12-30(13-9-27)36(46-49)39(41,42)43/h2-19,22,35,49H,20-21,23H2,1H3,(H,44,47)(H,45,48)(H,50,51,52)/b46-36-. The molecule has 0 saturated carbocycles. The van der Waals surface area contributed by atoms with Gasteiger partial charge in [0.15, 0.2) is 5.71 Å². The largest absolute Gasteiger partial charge is 0.437 e. The molecule has 14 heteroatoms. The molecule has 5 aromatic rings. The minimum Gasteiger partial charge on any atom is -0.410 e. The van der Waals surface area contributed by atoms with Crippen LogP contribution in [0.5, 0.6) is 0 Å². The Balaban J connectivity index is 1.38. The molecule has 0 aromatic heterocycles. The Morgan fingerprint density at radius 3 is 1.92 bits per heavy atom. The molecular formula is C39H33ClF3N3O6S. The van der Waals surface area contributed by atoms with Crippen LogP contribution in [0.4, 0.5) is 18.9 Å². The molecule has 274 valence electrons. The summed E-state index contributed by atoms with van der Waals surface area (Å²) >= 11 is 6.12. The molecule has 0 saturated heterocycles. The van der Waals surface area contributed by atoms with Gasteiger partial charge in [0, 0.05) is 28.4 Å². The zero-order chi connectivity index (χ0) is 38.3. The molecule has 0 fully saturated rings.